The Morgan fingerprint density at radius 1 is 1.05 bits per heavy atom. The molecule has 1 aliphatic heterocycles. The summed E-state index contributed by atoms with van der Waals surface area (Å²) in [5.74, 6) is 0.126. The Hall–Kier alpha value is -1.81. The Kier molecular flexibility index (Phi) is 2.82. The predicted molar refractivity (Wildman–Crippen MR) is 76.0 cm³/mol. The Balaban J connectivity index is 1.99. The van der Waals surface area contributed by atoms with Crippen LogP contribution in [0, 0.1) is 6.92 Å². The standard InChI is InChI=1S/C15H15NO2S/c1-11-6-2-4-8-13(11)16-14-10-19(17,18)15-9-5-3-7-12(14)15/h2-9,14,16H,10H2,1H3. The number of hydrogen-bond acceptors (Lipinski definition) is 3. The van der Waals surface area contributed by atoms with E-state index < -0.39 is 9.84 Å². The van der Waals surface area contributed by atoms with Gasteiger partial charge in [-0.1, -0.05) is 36.4 Å². The van der Waals surface area contributed by atoms with Gasteiger partial charge in [0.1, 0.15) is 0 Å². The van der Waals surface area contributed by atoms with Crippen LogP contribution in [0.3, 0.4) is 0 Å². The van der Waals surface area contributed by atoms with Gasteiger partial charge in [-0.05, 0) is 30.2 Å². The number of hydrogen-bond donors (Lipinski definition) is 1. The molecule has 2 aromatic carbocycles. The fourth-order valence-corrected chi connectivity index (χ4v) is 4.23. The molecule has 0 radical (unpaired) electrons. The molecule has 0 bridgehead atoms. The van der Waals surface area contributed by atoms with E-state index in [9.17, 15) is 8.42 Å². The van der Waals surface area contributed by atoms with Crippen molar-refractivity contribution in [2.24, 2.45) is 0 Å². The van der Waals surface area contributed by atoms with E-state index in [4.69, 9.17) is 0 Å². The summed E-state index contributed by atoms with van der Waals surface area (Å²) < 4.78 is 24.2. The lowest BCUT2D eigenvalue weighted by Gasteiger charge is -2.16. The maximum atomic E-state index is 12.1. The molecule has 19 heavy (non-hydrogen) atoms. The van der Waals surface area contributed by atoms with E-state index >= 15 is 0 Å². The second kappa shape index (κ2) is 4.38. The van der Waals surface area contributed by atoms with Crippen LogP contribution >= 0.6 is 0 Å². The fourth-order valence-electron chi connectivity index (χ4n) is 2.49. The summed E-state index contributed by atoms with van der Waals surface area (Å²) in [6.07, 6.45) is 0. The average molecular weight is 273 g/mol. The summed E-state index contributed by atoms with van der Waals surface area (Å²) in [6, 6.07) is 15.0. The first kappa shape index (κ1) is 12.2. The quantitative estimate of drug-likeness (QED) is 0.915. The number of sulfone groups is 1. The molecule has 1 N–H and O–H groups in total. The Morgan fingerprint density at radius 2 is 1.74 bits per heavy atom. The maximum Gasteiger partial charge on any atom is 0.181 e. The second-order valence-corrected chi connectivity index (χ2v) is 6.83. The lowest BCUT2D eigenvalue weighted by molar-refractivity contribution is 0.598. The highest BCUT2D eigenvalue weighted by Crippen LogP contribution is 2.35. The zero-order valence-corrected chi connectivity index (χ0v) is 11.4. The fraction of sp³-hybridized carbons (Fsp3) is 0.200. The molecule has 1 unspecified atom stereocenters. The third-order valence-corrected chi connectivity index (χ3v) is 5.30. The highest BCUT2D eigenvalue weighted by molar-refractivity contribution is 7.91. The molecule has 4 heteroatoms. The van der Waals surface area contributed by atoms with Crippen molar-refractivity contribution in [1.29, 1.82) is 0 Å². The van der Waals surface area contributed by atoms with Crippen LogP contribution in [0.5, 0.6) is 0 Å². The molecule has 0 amide bonds. The normalized spacial score (nSPS) is 19.9. The number of rotatable bonds is 2. The van der Waals surface area contributed by atoms with Crippen molar-refractivity contribution in [3.8, 4) is 0 Å². The maximum absolute atomic E-state index is 12.1. The third kappa shape index (κ3) is 2.12. The van der Waals surface area contributed by atoms with Crippen molar-refractivity contribution in [1.82, 2.24) is 0 Å². The number of aryl methyl sites for hydroxylation is 1. The largest absolute Gasteiger partial charge is 0.377 e. The van der Waals surface area contributed by atoms with Gasteiger partial charge in [0, 0.05) is 5.69 Å². The molecule has 0 spiro atoms. The molecule has 0 aliphatic carbocycles. The zero-order chi connectivity index (χ0) is 13.5. The highest BCUT2D eigenvalue weighted by atomic mass is 32.2. The van der Waals surface area contributed by atoms with Gasteiger partial charge in [0.05, 0.1) is 16.7 Å². The molecule has 0 saturated heterocycles. The van der Waals surface area contributed by atoms with Crippen LogP contribution in [0.4, 0.5) is 5.69 Å². The molecular formula is C15H15NO2S. The van der Waals surface area contributed by atoms with E-state index in [2.05, 4.69) is 5.32 Å². The third-order valence-electron chi connectivity index (χ3n) is 3.49. The molecule has 0 saturated carbocycles. The lowest BCUT2D eigenvalue weighted by Crippen LogP contribution is -2.13. The van der Waals surface area contributed by atoms with Gasteiger partial charge < -0.3 is 5.32 Å². The zero-order valence-electron chi connectivity index (χ0n) is 10.6. The number of benzene rings is 2. The van der Waals surface area contributed by atoms with Crippen LogP contribution in [0.15, 0.2) is 53.4 Å². The van der Waals surface area contributed by atoms with Gasteiger partial charge >= 0.3 is 0 Å². The van der Waals surface area contributed by atoms with E-state index in [0.29, 0.717) is 4.90 Å². The van der Waals surface area contributed by atoms with Gasteiger partial charge in [-0.2, -0.15) is 0 Å². The predicted octanol–water partition coefficient (Wildman–Crippen LogP) is 2.94. The molecular weight excluding hydrogens is 258 g/mol. The minimum atomic E-state index is -3.15. The van der Waals surface area contributed by atoms with Crippen molar-refractivity contribution in [3.05, 3.63) is 59.7 Å². The van der Waals surface area contributed by atoms with Crippen molar-refractivity contribution in [2.75, 3.05) is 11.1 Å². The van der Waals surface area contributed by atoms with Gasteiger partial charge in [0.2, 0.25) is 0 Å². The SMILES string of the molecule is Cc1ccccc1NC1CS(=O)(=O)c2ccccc21. The van der Waals surface area contributed by atoms with E-state index in [1.54, 1.807) is 12.1 Å². The summed E-state index contributed by atoms with van der Waals surface area (Å²) in [7, 11) is -3.15. The summed E-state index contributed by atoms with van der Waals surface area (Å²) in [4.78, 5) is 0.459. The van der Waals surface area contributed by atoms with Crippen LogP contribution in [0.25, 0.3) is 0 Å². The Bertz CT molecular complexity index is 722. The average Bonchev–Trinajstić information content (AvgIpc) is 2.65. The minimum Gasteiger partial charge on any atom is -0.377 e. The topological polar surface area (TPSA) is 46.2 Å². The van der Waals surface area contributed by atoms with E-state index in [-0.39, 0.29) is 11.8 Å². The number of anilines is 1. The molecule has 1 aliphatic rings. The first-order valence-corrected chi connectivity index (χ1v) is 7.87. The number of nitrogens with one attached hydrogen (secondary N) is 1. The highest BCUT2D eigenvalue weighted by Gasteiger charge is 2.34. The van der Waals surface area contributed by atoms with Crippen LogP contribution < -0.4 is 5.32 Å². The molecule has 3 rings (SSSR count). The molecule has 1 heterocycles. The first-order valence-electron chi connectivity index (χ1n) is 6.22. The molecule has 0 aromatic heterocycles. The van der Waals surface area contributed by atoms with Crippen LogP contribution in [-0.2, 0) is 9.84 Å². The lowest BCUT2D eigenvalue weighted by atomic mass is 10.1. The monoisotopic (exact) mass is 273 g/mol. The number of fused-ring (bicyclic) bond motifs is 1. The van der Waals surface area contributed by atoms with E-state index in [0.717, 1.165) is 16.8 Å². The van der Waals surface area contributed by atoms with Gasteiger partial charge in [-0.25, -0.2) is 8.42 Å². The summed E-state index contributed by atoms with van der Waals surface area (Å²) in [5, 5.41) is 3.34. The number of para-hydroxylation sites is 1. The molecule has 1 atom stereocenters. The van der Waals surface area contributed by atoms with E-state index in [1.165, 1.54) is 0 Å². The minimum absolute atomic E-state index is 0.126. The molecule has 0 fully saturated rings. The second-order valence-electron chi connectivity index (χ2n) is 4.83. The molecule has 98 valence electrons. The van der Waals surface area contributed by atoms with Gasteiger partial charge in [0.25, 0.3) is 0 Å². The van der Waals surface area contributed by atoms with Gasteiger partial charge in [-0.15, -0.1) is 0 Å². The van der Waals surface area contributed by atoms with Gasteiger partial charge in [-0.3, -0.25) is 0 Å². The van der Waals surface area contributed by atoms with Crippen molar-refractivity contribution in [3.63, 3.8) is 0 Å². The Morgan fingerprint density at radius 3 is 2.53 bits per heavy atom. The molecule has 2 aromatic rings. The van der Waals surface area contributed by atoms with Crippen LogP contribution in [0.2, 0.25) is 0 Å². The van der Waals surface area contributed by atoms with Crippen LogP contribution in [0.1, 0.15) is 17.2 Å². The van der Waals surface area contributed by atoms with Gasteiger partial charge in [0.15, 0.2) is 9.84 Å². The first-order chi connectivity index (χ1) is 9.08. The van der Waals surface area contributed by atoms with Crippen molar-refractivity contribution >= 4 is 15.5 Å². The summed E-state index contributed by atoms with van der Waals surface area (Å²) in [5.41, 5.74) is 2.97. The van der Waals surface area contributed by atoms with Crippen molar-refractivity contribution in [2.45, 2.75) is 17.9 Å². The summed E-state index contributed by atoms with van der Waals surface area (Å²) in [6.45, 7) is 2.01. The smallest absolute Gasteiger partial charge is 0.181 e. The van der Waals surface area contributed by atoms with E-state index in [1.807, 2.05) is 43.3 Å². The van der Waals surface area contributed by atoms with Crippen LogP contribution in [-0.4, -0.2) is 14.2 Å². The Labute approximate surface area is 113 Å². The van der Waals surface area contributed by atoms with Crippen molar-refractivity contribution < 1.29 is 8.42 Å². The molecule has 3 nitrogen and oxygen atoms in total. The summed E-state index contributed by atoms with van der Waals surface area (Å²) >= 11 is 0.